The van der Waals surface area contributed by atoms with E-state index >= 15 is 0 Å². The van der Waals surface area contributed by atoms with E-state index < -0.39 is 4.92 Å². The summed E-state index contributed by atoms with van der Waals surface area (Å²) in [6.07, 6.45) is 0. The highest BCUT2D eigenvalue weighted by atomic mass is 127. The highest BCUT2D eigenvalue weighted by molar-refractivity contribution is 14.1. The van der Waals surface area contributed by atoms with Crippen molar-refractivity contribution in [2.24, 2.45) is 0 Å². The van der Waals surface area contributed by atoms with Crippen molar-refractivity contribution in [2.75, 3.05) is 17.8 Å². The maximum atomic E-state index is 12.6. The molecule has 1 aliphatic heterocycles. The van der Waals surface area contributed by atoms with Gasteiger partial charge in [0.05, 0.1) is 21.4 Å². The van der Waals surface area contributed by atoms with Gasteiger partial charge < -0.3 is 9.47 Å². The van der Waals surface area contributed by atoms with Gasteiger partial charge in [-0.15, -0.1) is 11.8 Å². The van der Waals surface area contributed by atoms with Gasteiger partial charge in [0, 0.05) is 22.8 Å². The minimum Gasteiger partial charge on any atom is -0.493 e. The average molecular weight is 597 g/mol. The van der Waals surface area contributed by atoms with Gasteiger partial charge in [-0.05, 0) is 82.2 Å². The Morgan fingerprint density at radius 1 is 1.18 bits per heavy atom. The smallest absolute Gasteiger partial charge is 0.269 e. The van der Waals surface area contributed by atoms with Gasteiger partial charge in [0.2, 0.25) is 5.91 Å². The van der Waals surface area contributed by atoms with E-state index in [4.69, 9.17) is 21.1 Å². The first kappa shape index (κ1) is 23.7. The van der Waals surface area contributed by atoms with Gasteiger partial charge in [0.25, 0.3) is 5.69 Å². The maximum Gasteiger partial charge on any atom is 0.269 e. The molecule has 1 heterocycles. The van der Waals surface area contributed by atoms with E-state index in [1.54, 1.807) is 48.0 Å². The summed E-state index contributed by atoms with van der Waals surface area (Å²) in [5.41, 5.74) is 2.54. The SMILES string of the molecule is COc1cc([C@H]2SCC(=O)N2c2ccc(Cl)cc2)cc(I)c1OCc1ccc([N+](=O)[O-])cc1. The quantitative estimate of drug-likeness (QED) is 0.183. The Labute approximate surface area is 213 Å². The molecule has 1 saturated heterocycles. The van der Waals surface area contributed by atoms with E-state index in [1.165, 1.54) is 12.1 Å². The monoisotopic (exact) mass is 596 g/mol. The molecule has 1 aliphatic rings. The van der Waals surface area contributed by atoms with Gasteiger partial charge >= 0.3 is 0 Å². The zero-order chi connectivity index (χ0) is 23.5. The number of benzene rings is 3. The standard InChI is InChI=1S/C23H18ClIN2O5S/c1-31-20-11-15(23-26(21(28)13-33-23)17-8-4-16(24)5-9-17)10-19(25)22(20)32-12-14-2-6-18(7-3-14)27(29)30/h2-11,23H,12-13H2,1H3/t23-/m1/s1. The molecule has 7 nitrogen and oxygen atoms in total. The summed E-state index contributed by atoms with van der Waals surface area (Å²) in [5.74, 6) is 1.53. The summed E-state index contributed by atoms with van der Waals surface area (Å²) in [6, 6.07) is 17.3. The van der Waals surface area contributed by atoms with Crippen molar-refractivity contribution in [3.8, 4) is 11.5 Å². The summed E-state index contributed by atoms with van der Waals surface area (Å²) in [7, 11) is 1.57. The van der Waals surface area contributed by atoms with E-state index in [0.29, 0.717) is 22.3 Å². The van der Waals surface area contributed by atoms with Crippen LogP contribution in [-0.2, 0) is 11.4 Å². The van der Waals surface area contributed by atoms with Gasteiger partial charge in [0.1, 0.15) is 12.0 Å². The molecule has 33 heavy (non-hydrogen) atoms. The van der Waals surface area contributed by atoms with Crippen LogP contribution in [0, 0.1) is 13.7 Å². The highest BCUT2D eigenvalue weighted by Crippen LogP contribution is 2.45. The molecule has 0 aromatic heterocycles. The largest absolute Gasteiger partial charge is 0.493 e. The number of nitro benzene ring substituents is 1. The van der Waals surface area contributed by atoms with E-state index in [2.05, 4.69) is 22.6 Å². The molecule has 1 atom stereocenters. The number of hydrogen-bond donors (Lipinski definition) is 0. The molecule has 3 aromatic carbocycles. The molecule has 0 radical (unpaired) electrons. The molecule has 0 bridgehead atoms. The molecule has 1 amide bonds. The van der Waals surface area contributed by atoms with Crippen LogP contribution in [0.25, 0.3) is 0 Å². The average Bonchev–Trinajstić information content (AvgIpc) is 3.20. The lowest BCUT2D eigenvalue weighted by molar-refractivity contribution is -0.384. The Morgan fingerprint density at radius 2 is 1.88 bits per heavy atom. The number of methoxy groups -OCH3 is 1. The normalized spacial score (nSPS) is 15.5. The number of non-ortho nitro benzene ring substituents is 1. The second-order valence-corrected chi connectivity index (χ2v) is 9.82. The Bertz CT molecular complexity index is 1190. The number of carbonyl (C=O) groups excluding carboxylic acids is 1. The molecule has 3 aromatic rings. The molecular weight excluding hydrogens is 579 g/mol. The summed E-state index contributed by atoms with van der Waals surface area (Å²) in [4.78, 5) is 24.8. The van der Waals surface area contributed by atoms with Crippen LogP contribution in [0.4, 0.5) is 11.4 Å². The number of rotatable bonds is 7. The highest BCUT2D eigenvalue weighted by Gasteiger charge is 2.35. The number of amides is 1. The minimum absolute atomic E-state index is 0.0276. The first-order valence-electron chi connectivity index (χ1n) is 9.80. The third-order valence-electron chi connectivity index (χ3n) is 5.04. The Hall–Kier alpha value is -2.50. The van der Waals surface area contributed by atoms with Crippen molar-refractivity contribution in [3.05, 3.63) is 90.5 Å². The number of thioether (sulfide) groups is 1. The molecule has 0 aliphatic carbocycles. The topological polar surface area (TPSA) is 81.9 Å². The predicted molar refractivity (Wildman–Crippen MR) is 137 cm³/mol. The Balaban J connectivity index is 1.58. The fraction of sp³-hybridized carbons (Fsp3) is 0.174. The molecular formula is C23H18ClIN2O5S. The summed E-state index contributed by atoms with van der Waals surface area (Å²) < 4.78 is 12.4. The van der Waals surface area contributed by atoms with Crippen molar-refractivity contribution in [2.45, 2.75) is 12.0 Å². The van der Waals surface area contributed by atoms with Crippen LogP contribution < -0.4 is 14.4 Å². The number of halogens is 2. The van der Waals surface area contributed by atoms with Gasteiger partial charge in [-0.1, -0.05) is 11.6 Å². The van der Waals surface area contributed by atoms with Crippen LogP contribution in [0.1, 0.15) is 16.5 Å². The van der Waals surface area contributed by atoms with Crippen molar-refractivity contribution >= 4 is 63.2 Å². The lowest BCUT2D eigenvalue weighted by Gasteiger charge is -2.25. The van der Waals surface area contributed by atoms with Crippen molar-refractivity contribution in [1.82, 2.24) is 0 Å². The third-order valence-corrected chi connectivity index (χ3v) is 7.31. The minimum atomic E-state index is -0.436. The zero-order valence-electron chi connectivity index (χ0n) is 17.4. The molecule has 0 saturated carbocycles. The predicted octanol–water partition coefficient (Wildman–Crippen LogP) is 6.22. The summed E-state index contributed by atoms with van der Waals surface area (Å²) in [6.45, 7) is 0.233. The fourth-order valence-electron chi connectivity index (χ4n) is 3.44. The fourth-order valence-corrected chi connectivity index (χ4v) is 5.51. The second-order valence-electron chi connectivity index (χ2n) is 7.15. The lowest BCUT2D eigenvalue weighted by Crippen LogP contribution is -2.27. The number of nitro groups is 1. The second kappa shape index (κ2) is 10.2. The first-order valence-corrected chi connectivity index (χ1v) is 12.3. The van der Waals surface area contributed by atoms with Crippen LogP contribution in [-0.4, -0.2) is 23.7 Å². The number of ether oxygens (including phenoxy) is 2. The van der Waals surface area contributed by atoms with Crippen molar-refractivity contribution in [3.63, 3.8) is 0 Å². The van der Waals surface area contributed by atoms with Crippen LogP contribution in [0.5, 0.6) is 11.5 Å². The molecule has 4 rings (SSSR count). The summed E-state index contributed by atoms with van der Waals surface area (Å²) >= 11 is 9.74. The van der Waals surface area contributed by atoms with E-state index in [0.717, 1.165) is 20.4 Å². The van der Waals surface area contributed by atoms with E-state index in [9.17, 15) is 14.9 Å². The zero-order valence-corrected chi connectivity index (χ0v) is 21.1. The molecule has 0 spiro atoms. The first-order chi connectivity index (χ1) is 15.9. The summed E-state index contributed by atoms with van der Waals surface area (Å²) in [5, 5.41) is 11.2. The number of hydrogen-bond acceptors (Lipinski definition) is 6. The van der Waals surface area contributed by atoms with Crippen LogP contribution in [0.3, 0.4) is 0 Å². The lowest BCUT2D eigenvalue weighted by atomic mass is 10.1. The van der Waals surface area contributed by atoms with Gasteiger partial charge in [0.15, 0.2) is 11.5 Å². The number of carbonyl (C=O) groups is 1. The van der Waals surface area contributed by atoms with Crippen LogP contribution >= 0.6 is 46.0 Å². The van der Waals surface area contributed by atoms with Crippen molar-refractivity contribution in [1.29, 1.82) is 0 Å². The molecule has 0 unspecified atom stereocenters. The molecule has 0 N–H and O–H groups in total. The number of anilines is 1. The molecule has 1 fully saturated rings. The Morgan fingerprint density at radius 3 is 2.52 bits per heavy atom. The third kappa shape index (κ3) is 5.20. The molecule has 10 heteroatoms. The van der Waals surface area contributed by atoms with Crippen molar-refractivity contribution < 1.29 is 19.2 Å². The van der Waals surface area contributed by atoms with E-state index in [1.807, 2.05) is 24.3 Å². The van der Waals surface area contributed by atoms with Gasteiger partial charge in [-0.2, -0.15) is 0 Å². The van der Waals surface area contributed by atoms with Gasteiger partial charge in [-0.3, -0.25) is 19.8 Å². The van der Waals surface area contributed by atoms with Crippen LogP contribution in [0.2, 0.25) is 5.02 Å². The molecule has 170 valence electrons. The van der Waals surface area contributed by atoms with Gasteiger partial charge in [-0.25, -0.2) is 0 Å². The van der Waals surface area contributed by atoms with Crippen LogP contribution in [0.15, 0.2) is 60.7 Å². The maximum absolute atomic E-state index is 12.6. The number of nitrogens with zero attached hydrogens (tertiary/aromatic N) is 2. The van der Waals surface area contributed by atoms with E-state index in [-0.39, 0.29) is 23.6 Å². The Kier molecular flexibility index (Phi) is 7.30.